The third-order valence-electron chi connectivity index (χ3n) is 6.51. The van der Waals surface area contributed by atoms with Gasteiger partial charge in [-0.1, -0.05) is 6.07 Å². The number of carbonyl (C=O) groups excluding carboxylic acids is 1. The highest BCUT2D eigenvalue weighted by atomic mass is 19.4. The summed E-state index contributed by atoms with van der Waals surface area (Å²) in [6.45, 7) is 4.46. The van der Waals surface area contributed by atoms with E-state index in [0.717, 1.165) is 36.2 Å². The van der Waals surface area contributed by atoms with E-state index in [1.165, 1.54) is 6.07 Å². The largest absolute Gasteiger partial charge is 0.472 e. The molecule has 3 aromatic heterocycles. The summed E-state index contributed by atoms with van der Waals surface area (Å²) in [6, 6.07) is 7.70. The van der Waals surface area contributed by atoms with Crippen molar-refractivity contribution in [3.05, 3.63) is 71.3 Å². The highest BCUT2D eigenvalue weighted by Crippen LogP contribution is 2.41. The van der Waals surface area contributed by atoms with Gasteiger partial charge in [-0.25, -0.2) is 4.98 Å². The molecular formula is C25H23F3N4O2. The second-order valence-corrected chi connectivity index (χ2v) is 8.98. The number of piperidine rings is 1. The van der Waals surface area contributed by atoms with Crippen LogP contribution in [0.3, 0.4) is 0 Å². The average Bonchev–Trinajstić information content (AvgIpc) is 3.39. The number of rotatable bonds is 4. The Kier molecular flexibility index (Phi) is 5.50. The molecule has 3 aromatic rings. The summed E-state index contributed by atoms with van der Waals surface area (Å²) in [5.74, 6) is 0.191. The van der Waals surface area contributed by atoms with Crippen molar-refractivity contribution >= 4 is 5.91 Å². The van der Waals surface area contributed by atoms with Crippen molar-refractivity contribution < 1.29 is 22.7 Å². The first-order valence-corrected chi connectivity index (χ1v) is 11.1. The zero-order chi connectivity index (χ0) is 24.0. The van der Waals surface area contributed by atoms with E-state index in [2.05, 4.69) is 15.0 Å². The molecule has 5 rings (SSSR count). The van der Waals surface area contributed by atoms with E-state index in [-0.39, 0.29) is 29.9 Å². The number of carbonyl (C=O) groups is 1. The van der Waals surface area contributed by atoms with E-state index < -0.39 is 11.7 Å². The molecule has 1 aliphatic carbocycles. The van der Waals surface area contributed by atoms with E-state index in [9.17, 15) is 18.0 Å². The van der Waals surface area contributed by atoms with Crippen molar-refractivity contribution in [1.82, 2.24) is 19.9 Å². The monoisotopic (exact) mass is 468 g/mol. The Labute approximate surface area is 194 Å². The lowest BCUT2D eigenvalue weighted by atomic mass is 10.0. The summed E-state index contributed by atoms with van der Waals surface area (Å²) in [5.41, 5.74) is 2.79. The maximum absolute atomic E-state index is 13.6. The molecule has 3 atom stereocenters. The van der Waals surface area contributed by atoms with Crippen LogP contribution in [0.2, 0.25) is 0 Å². The Hall–Kier alpha value is -3.49. The number of hydrogen-bond donors (Lipinski definition) is 0. The molecule has 1 saturated heterocycles. The standard InChI is InChI=1S/C25H23F3N4O2/c1-14-8-18(22-15(2)4-3-7-29-22)23(31-11-14)24(33)32-13-16-9-19(32)20(10-16)34-21-6-5-17(12-30-21)25(26,27)28/h3-8,11-12,16,19-20H,9-10,13H2,1-2H3. The van der Waals surface area contributed by atoms with E-state index in [0.29, 0.717) is 23.5 Å². The van der Waals surface area contributed by atoms with Gasteiger partial charge in [0.2, 0.25) is 5.88 Å². The highest BCUT2D eigenvalue weighted by molar-refractivity contribution is 5.99. The fourth-order valence-corrected chi connectivity index (χ4v) is 4.92. The van der Waals surface area contributed by atoms with Gasteiger partial charge in [0, 0.05) is 36.8 Å². The molecule has 1 amide bonds. The van der Waals surface area contributed by atoms with Crippen LogP contribution >= 0.6 is 0 Å². The van der Waals surface area contributed by atoms with Crippen LogP contribution in [-0.4, -0.2) is 44.4 Å². The lowest BCUT2D eigenvalue weighted by Crippen LogP contribution is -2.47. The van der Waals surface area contributed by atoms with Crippen LogP contribution in [-0.2, 0) is 6.18 Å². The molecule has 2 bridgehead atoms. The molecule has 9 heteroatoms. The van der Waals surface area contributed by atoms with E-state index >= 15 is 0 Å². The number of ether oxygens (including phenoxy) is 1. The van der Waals surface area contributed by atoms with Gasteiger partial charge in [-0.3, -0.25) is 14.8 Å². The van der Waals surface area contributed by atoms with Gasteiger partial charge in [-0.15, -0.1) is 0 Å². The Morgan fingerprint density at radius 1 is 1.09 bits per heavy atom. The predicted molar refractivity (Wildman–Crippen MR) is 118 cm³/mol. The molecule has 2 aliphatic rings. The molecule has 6 nitrogen and oxygen atoms in total. The minimum absolute atomic E-state index is 0.121. The Bertz CT molecular complexity index is 1230. The number of fused-ring (bicyclic) bond motifs is 2. The van der Waals surface area contributed by atoms with Crippen molar-refractivity contribution in [2.75, 3.05) is 6.54 Å². The number of aromatic nitrogens is 3. The van der Waals surface area contributed by atoms with Crippen LogP contribution in [0.1, 0.15) is 40.0 Å². The molecule has 4 heterocycles. The average molecular weight is 468 g/mol. The Morgan fingerprint density at radius 3 is 2.59 bits per heavy atom. The van der Waals surface area contributed by atoms with Crippen LogP contribution in [0.15, 0.2) is 48.9 Å². The number of aryl methyl sites for hydroxylation is 2. The minimum atomic E-state index is -4.45. The van der Waals surface area contributed by atoms with Gasteiger partial charge in [-0.05, 0) is 61.9 Å². The Balaban J connectivity index is 1.39. The number of pyridine rings is 3. The number of nitrogens with zero attached hydrogens (tertiary/aromatic N) is 4. The van der Waals surface area contributed by atoms with Crippen molar-refractivity contribution in [2.24, 2.45) is 5.92 Å². The van der Waals surface area contributed by atoms with Crippen molar-refractivity contribution in [3.63, 3.8) is 0 Å². The summed E-state index contributed by atoms with van der Waals surface area (Å²) in [7, 11) is 0. The Morgan fingerprint density at radius 2 is 1.91 bits per heavy atom. The molecule has 0 aromatic carbocycles. The second-order valence-electron chi connectivity index (χ2n) is 8.98. The molecule has 176 valence electrons. The maximum Gasteiger partial charge on any atom is 0.417 e. The molecule has 0 N–H and O–H groups in total. The molecule has 34 heavy (non-hydrogen) atoms. The molecule has 1 saturated carbocycles. The van der Waals surface area contributed by atoms with Gasteiger partial charge in [0.15, 0.2) is 0 Å². The van der Waals surface area contributed by atoms with Gasteiger partial charge >= 0.3 is 6.18 Å². The van der Waals surface area contributed by atoms with Gasteiger partial charge in [0.05, 0.1) is 17.3 Å². The normalized spacial score (nSPS) is 21.7. The van der Waals surface area contributed by atoms with Gasteiger partial charge in [-0.2, -0.15) is 13.2 Å². The summed E-state index contributed by atoms with van der Waals surface area (Å²) in [6.07, 6.45) is 0.847. The van der Waals surface area contributed by atoms with Crippen molar-refractivity contribution in [2.45, 2.75) is 45.0 Å². The fourth-order valence-electron chi connectivity index (χ4n) is 4.92. The highest BCUT2D eigenvalue weighted by Gasteiger charge is 2.49. The van der Waals surface area contributed by atoms with E-state index in [1.54, 1.807) is 17.3 Å². The molecule has 3 unspecified atom stereocenters. The first-order chi connectivity index (χ1) is 16.2. The van der Waals surface area contributed by atoms with Gasteiger partial charge < -0.3 is 9.64 Å². The summed E-state index contributed by atoms with van der Waals surface area (Å²) in [4.78, 5) is 28.2. The number of amides is 1. The number of hydrogen-bond acceptors (Lipinski definition) is 5. The topological polar surface area (TPSA) is 68.2 Å². The number of alkyl halides is 3. The first-order valence-electron chi connectivity index (χ1n) is 11.1. The van der Waals surface area contributed by atoms with Crippen LogP contribution in [0.4, 0.5) is 13.2 Å². The van der Waals surface area contributed by atoms with Gasteiger partial charge in [0.25, 0.3) is 5.91 Å². The third kappa shape index (κ3) is 4.10. The van der Waals surface area contributed by atoms with Crippen LogP contribution < -0.4 is 4.74 Å². The van der Waals surface area contributed by atoms with Crippen molar-refractivity contribution in [3.8, 4) is 17.1 Å². The maximum atomic E-state index is 13.6. The predicted octanol–water partition coefficient (Wildman–Crippen LogP) is 4.86. The summed E-state index contributed by atoms with van der Waals surface area (Å²) in [5, 5.41) is 0. The van der Waals surface area contributed by atoms with Crippen LogP contribution in [0.25, 0.3) is 11.3 Å². The van der Waals surface area contributed by atoms with Gasteiger partial charge in [0.1, 0.15) is 11.8 Å². The second kappa shape index (κ2) is 8.38. The SMILES string of the molecule is Cc1cnc(C(=O)N2CC3CC(Oc4ccc(C(F)(F)F)cn4)C2C3)c(-c2ncccc2C)c1. The van der Waals surface area contributed by atoms with Crippen LogP contribution in [0.5, 0.6) is 5.88 Å². The number of halogens is 3. The third-order valence-corrected chi connectivity index (χ3v) is 6.51. The lowest BCUT2D eigenvalue weighted by Gasteiger charge is -2.33. The molecule has 0 radical (unpaired) electrons. The van der Waals surface area contributed by atoms with Crippen molar-refractivity contribution in [1.29, 1.82) is 0 Å². The minimum Gasteiger partial charge on any atom is -0.472 e. The van der Waals surface area contributed by atoms with E-state index in [1.807, 2.05) is 32.0 Å². The molecule has 0 spiro atoms. The smallest absolute Gasteiger partial charge is 0.417 e. The lowest BCUT2D eigenvalue weighted by molar-refractivity contribution is -0.137. The first kappa shape index (κ1) is 22.3. The quantitative estimate of drug-likeness (QED) is 0.547. The summed E-state index contributed by atoms with van der Waals surface area (Å²) < 4.78 is 44.4. The molecule has 1 aliphatic heterocycles. The fraction of sp³-hybridized carbons (Fsp3) is 0.360. The van der Waals surface area contributed by atoms with E-state index in [4.69, 9.17) is 4.74 Å². The number of likely N-dealkylation sites (tertiary alicyclic amines) is 1. The summed E-state index contributed by atoms with van der Waals surface area (Å²) >= 11 is 0. The zero-order valence-electron chi connectivity index (χ0n) is 18.7. The van der Waals surface area contributed by atoms with Crippen LogP contribution in [0, 0.1) is 19.8 Å². The molecular weight excluding hydrogens is 445 g/mol. The molecule has 2 fully saturated rings. The zero-order valence-corrected chi connectivity index (χ0v) is 18.7.